The predicted octanol–water partition coefficient (Wildman–Crippen LogP) is 1.33. The number of hydrogen-bond acceptors (Lipinski definition) is 7. The summed E-state index contributed by atoms with van der Waals surface area (Å²) >= 11 is 0. The lowest BCUT2D eigenvalue weighted by atomic mass is 10.0. The van der Waals surface area contributed by atoms with E-state index in [0.717, 1.165) is 11.3 Å². The second kappa shape index (κ2) is 14.1. The molecule has 0 bridgehead atoms. The average molecular weight is 495 g/mol. The minimum Gasteiger partial charge on any atom is -0.508 e. The van der Waals surface area contributed by atoms with Crippen LogP contribution in [0.4, 0.5) is 4.79 Å². The predicted molar refractivity (Wildman–Crippen MR) is 129 cm³/mol. The molecule has 0 aliphatic heterocycles. The Morgan fingerprint density at radius 1 is 1.17 bits per heavy atom. The summed E-state index contributed by atoms with van der Waals surface area (Å²) in [5, 5.41) is 25.4. The zero-order valence-corrected chi connectivity index (χ0v) is 20.9. The van der Waals surface area contributed by atoms with Crippen LogP contribution in [0, 0.1) is 0 Å². The van der Waals surface area contributed by atoms with Crippen molar-refractivity contribution in [1.82, 2.24) is 15.5 Å². The van der Waals surface area contributed by atoms with Crippen molar-refractivity contribution in [2.24, 2.45) is 5.73 Å². The van der Waals surface area contributed by atoms with E-state index in [1.54, 1.807) is 32.9 Å². The number of benzene rings is 1. The molecule has 4 amide bonds. The number of hydrogen-bond donors (Lipinski definition) is 5. The molecule has 2 unspecified atom stereocenters. The number of unbranched alkanes of at least 4 members (excludes halogenated alkanes) is 1. The summed E-state index contributed by atoms with van der Waals surface area (Å²) in [4.78, 5) is 51.7. The smallest absolute Gasteiger partial charge is 0.408 e. The number of aromatic hydroxyl groups is 1. The number of primary amides is 1. The molecule has 0 fully saturated rings. The SMILES string of the molecule is CCCCNC(=O)C(c1ccccc1O)N(CCO)C(=O)C(CCC(N)=O)NC(=O)OC(C)(C)C. The third-order valence-electron chi connectivity index (χ3n) is 4.91. The highest BCUT2D eigenvalue weighted by Gasteiger charge is 2.37. The van der Waals surface area contributed by atoms with Gasteiger partial charge in [0.15, 0.2) is 0 Å². The van der Waals surface area contributed by atoms with Crippen molar-refractivity contribution in [3.63, 3.8) is 0 Å². The maximum atomic E-state index is 13.6. The first-order valence-electron chi connectivity index (χ1n) is 11.7. The minimum atomic E-state index is -1.30. The van der Waals surface area contributed by atoms with Crippen LogP contribution in [0.25, 0.3) is 0 Å². The molecule has 0 saturated heterocycles. The summed E-state index contributed by atoms with van der Waals surface area (Å²) in [5.74, 6) is -2.21. The number of aliphatic hydroxyl groups is 1. The molecule has 196 valence electrons. The molecule has 0 aliphatic carbocycles. The molecule has 35 heavy (non-hydrogen) atoms. The normalized spacial score (nSPS) is 12.8. The van der Waals surface area contributed by atoms with Crippen LogP contribution in [0.3, 0.4) is 0 Å². The molecule has 0 spiro atoms. The largest absolute Gasteiger partial charge is 0.508 e. The zero-order valence-electron chi connectivity index (χ0n) is 20.9. The molecule has 1 aromatic carbocycles. The summed E-state index contributed by atoms with van der Waals surface area (Å²) in [6.45, 7) is 6.50. The molecule has 0 aliphatic rings. The molecule has 11 heteroatoms. The molecule has 2 atom stereocenters. The summed E-state index contributed by atoms with van der Waals surface area (Å²) in [6, 6.07) is 3.48. The Morgan fingerprint density at radius 3 is 2.37 bits per heavy atom. The van der Waals surface area contributed by atoms with Crippen LogP contribution >= 0.6 is 0 Å². The second-order valence-electron chi connectivity index (χ2n) is 9.06. The minimum absolute atomic E-state index is 0.147. The first kappa shape index (κ1) is 29.7. The molecule has 11 nitrogen and oxygen atoms in total. The number of rotatable bonds is 13. The van der Waals surface area contributed by atoms with E-state index >= 15 is 0 Å². The van der Waals surface area contributed by atoms with Gasteiger partial charge in [0.1, 0.15) is 23.4 Å². The Morgan fingerprint density at radius 2 is 1.83 bits per heavy atom. The Bertz CT molecular complexity index is 870. The number of nitrogens with zero attached hydrogens (tertiary/aromatic N) is 1. The van der Waals surface area contributed by atoms with Crippen LogP contribution in [0.2, 0.25) is 0 Å². The molecule has 0 heterocycles. The fraction of sp³-hybridized carbons (Fsp3) is 0.583. The van der Waals surface area contributed by atoms with Gasteiger partial charge in [-0.25, -0.2) is 4.79 Å². The number of ether oxygens (including phenoxy) is 1. The lowest BCUT2D eigenvalue weighted by molar-refractivity contribution is -0.143. The van der Waals surface area contributed by atoms with Crippen LogP contribution in [-0.4, -0.2) is 70.3 Å². The van der Waals surface area contributed by atoms with Crippen molar-refractivity contribution >= 4 is 23.8 Å². The zero-order chi connectivity index (χ0) is 26.6. The number of nitrogens with two attached hydrogens (primary N) is 1. The monoisotopic (exact) mass is 494 g/mol. The third-order valence-corrected chi connectivity index (χ3v) is 4.91. The van der Waals surface area contributed by atoms with Gasteiger partial charge in [0.25, 0.3) is 0 Å². The van der Waals surface area contributed by atoms with Crippen molar-refractivity contribution in [2.45, 2.75) is 71.1 Å². The van der Waals surface area contributed by atoms with Crippen LogP contribution < -0.4 is 16.4 Å². The van der Waals surface area contributed by atoms with Crippen LogP contribution in [-0.2, 0) is 19.1 Å². The molecule has 0 aromatic heterocycles. The van der Waals surface area contributed by atoms with Gasteiger partial charge < -0.3 is 36.2 Å². The summed E-state index contributed by atoms with van der Waals surface area (Å²) < 4.78 is 5.24. The standard InChI is InChI=1S/C24H38N4O7/c1-5-6-13-26-21(32)20(16-9-7-8-10-18(16)30)28(14-15-29)22(33)17(11-12-19(25)31)27-23(34)35-24(2,3)4/h7-10,17,20,29-30H,5-6,11-15H2,1-4H3,(H2,25,31)(H,26,32)(H,27,34). The van der Waals surface area contributed by atoms with Gasteiger partial charge in [-0.3, -0.25) is 14.4 Å². The first-order valence-corrected chi connectivity index (χ1v) is 11.7. The van der Waals surface area contributed by atoms with Crippen LogP contribution in [0.1, 0.15) is 65.0 Å². The van der Waals surface area contributed by atoms with E-state index in [9.17, 15) is 29.4 Å². The van der Waals surface area contributed by atoms with Crippen molar-refractivity contribution in [2.75, 3.05) is 19.7 Å². The number of carbonyl (C=O) groups excluding carboxylic acids is 4. The van der Waals surface area contributed by atoms with Gasteiger partial charge in [0, 0.05) is 25.1 Å². The van der Waals surface area contributed by atoms with Crippen molar-refractivity contribution in [3.05, 3.63) is 29.8 Å². The summed E-state index contributed by atoms with van der Waals surface area (Å²) in [7, 11) is 0. The van der Waals surface area contributed by atoms with Crippen LogP contribution in [0.5, 0.6) is 5.75 Å². The second-order valence-corrected chi connectivity index (χ2v) is 9.06. The van der Waals surface area contributed by atoms with Gasteiger partial charge in [-0.15, -0.1) is 0 Å². The van der Waals surface area contributed by atoms with Crippen molar-refractivity contribution in [3.8, 4) is 5.75 Å². The first-order chi connectivity index (χ1) is 16.4. The fourth-order valence-electron chi connectivity index (χ4n) is 3.32. The molecular formula is C24H38N4O7. The number of carbonyl (C=O) groups is 4. The van der Waals surface area contributed by atoms with E-state index in [1.165, 1.54) is 12.1 Å². The average Bonchev–Trinajstić information content (AvgIpc) is 2.75. The van der Waals surface area contributed by atoms with Gasteiger partial charge >= 0.3 is 6.09 Å². The fourth-order valence-corrected chi connectivity index (χ4v) is 3.32. The molecule has 6 N–H and O–H groups in total. The Balaban J connectivity index is 3.40. The van der Waals surface area contributed by atoms with Crippen molar-refractivity contribution in [1.29, 1.82) is 0 Å². The topological polar surface area (TPSA) is 171 Å². The van der Waals surface area contributed by atoms with Crippen LogP contribution in [0.15, 0.2) is 24.3 Å². The summed E-state index contributed by atoms with van der Waals surface area (Å²) in [6.07, 6.45) is 0.268. The highest BCUT2D eigenvalue weighted by molar-refractivity contribution is 5.92. The maximum Gasteiger partial charge on any atom is 0.408 e. The number of aliphatic hydroxyl groups excluding tert-OH is 1. The van der Waals surface area contributed by atoms with Gasteiger partial charge in [0.2, 0.25) is 17.7 Å². The number of phenols is 1. The van der Waals surface area contributed by atoms with Gasteiger partial charge in [0.05, 0.1) is 6.61 Å². The highest BCUT2D eigenvalue weighted by Crippen LogP contribution is 2.30. The summed E-state index contributed by atoms with van der Waals surface area (Å²) in [5.41, 5.74) is 4.55. The molecule has 0 radical (unpaired) electrons. The molecule has 1 rings (SSSR count). The van der Waals surface area contributed by atoms with E-state index < -0.39 is 48.1 Å². The number of amides is 4. The molecular weight excluding hydrogens is 456 g/mol. The highest BCUT2D eigenvalue weighted by atomic mass is 16.6. The quantitative estimate of drug-likeness (QED) is 0.257. The number of phenolic OH excluding ortho intramolecular Hbond substituents is 1. The van der Waals surface area contributed by atoms with Gasteiger partial charge in [-0.05, 0) is 39.7 Å². The van der Waals surface area contributed by atoms with E-state index in [-0.39, 0.29) is 30.7 Å². The third kappa shape index (κ3) is 10.2. The number of alkyl carbamates (subject to hydrolysis) is 1. The molecule has 1 aromatic rings. The lowest BCUT2D eigenvalue weighted by Gasteiger charge is -2.34. The Labute approximate surface area is 206 Å². The van der Waals surface area contributed by atoms with Gasteiger partial charge in [-0.2, -0.15) is 0 Å². The van der Waals surface area contributed by atoms with E-state index in [2.05, 4.69) is 10.6 Å². The lowest BCUT2D eigenvalue weighted by Crippen LogP contribution is -2.54. The molecule has 0 saturated carbocycles. The maximum absolute atomic E-state index is 13.6. The Hall–Kier alpha value is -3.34. The Kier molecular flexibility index (Phi) is 12.0. The number of para-hydroxylation sites is 1. The number of nitrogens with one attached hydrogen (secondary N) is 2. The van der Waals surface area contributed by atoms with E-state index in [0.29, 0.717) is 13.0 Å². The van der Waals surface area contributed by atoms with Gasteiger partial charge in [-0.1, -0.05) is 31.5 Å². The van der Waals surface area contributed by atoms with E-state index in [4.69, 9.17) is 10.5 Å². The van der Waals surface area contributed by atoms with E-state index in [1.807, 2.05) is 6.92 Å². The van der Waals surface area contributed by atoms with Crippen molar-refractivity contribution < 1.29 is 34.1 Å².